The van der Waals surface area contributed by atoms with Crippen LogP contribution in [-0.4, -0.2) is 60.6 Å². The van der Waals surface area contributed by atoms with Crippen LogP contribution >= 0.6 is 0 Å². The van der Waals surface area contributed by atoms with Crippen LogP contribution in [0.25, 0.3) is 0 Å². The number of allylic oxidation sites excluding steroid dienone is 1. The molecule has 2 heterocycles. The molecule has 0 N–H and O–H groups in total. The van der Waals surface area contributed by atoms with Gasteiger partial charge in [0, 0.05) is 32.2 Å². The van der Waals surface area contributed by atoms with E-state index in [-0.39, 0.29) is 12.0 Å². The predicted octanol–water partition coefficient (Wildman–Crippen LogP) is 3.61. The fourth-order valence-corrected chi connectivity index (χ4v) is 4.78. The lowest BCUT2D eigenvalue weighted by Crippen LogP contribution is -2.45. The van der Waals surface area contributed by atoms with E-state index in [1.165, 1.54) is 51.6 Å². The van der Waals surface area contributed by atoms with Gasteiger partial charge in [-0.25, -0.2) is 0 Å². The highest BCUT2D eigenvalue weighted by molar-refractivity contribution is 5.76. The van der Waals surface area contributed by atoms with Crippen LogP contribution in [-0.2, 0) is 9.53 Å². The van der Waals surface area contributed by atoms with E-state index in [9.17, 15) is 4.79 Å². The predicted molar refractivity (Wildman–Crippen MR) is 102 cm³/mol. The van der Waals surface area contributed by atoms with Gasteiger partial charge in [0.2, 0.25) is 5.91 Å². The van der Waals surface area contributed by atoms with E-state index in [1.807, 2.05) is 6.08 Å². The van der Waals surface area contributed by atoms with Crippen molar-refractivity contribution in [3.05, 3.63) is 12.7 Å². The number of amides is 1. The van der Waals surface area contributed by atoms with Gasteiger partial charge in [-0.1, -0.05) is 18.9 Å². The van der Waals surface area contributed by atoms with Crippen molar-refractivity contribution in [1.82, 2.24) is 9.80 Å². The molecule has 0 aromatic rings. The summed E-state index contributed by atoms with van der Waals surface area (Å²) in [6.07, 6.45) is 13.8. The van der Waals surface area contributed by atoms with E-state index in [1.54, 1.807) is 0 Å². The number of ether oxygens (including phenoxy) is 1. The second-order valence-electron chi connectivity index (χ2n) is 8.18. The molecule has 0 spiro atoms. The largest absolute Gasteiger partial charge is 0.376 e. The molecule has 3 fully saturated rings. The number of piperidine rings is 1. The van der Waals surface area contributed by atoms with Gasteiger partial charge < -0.3 is 14.5 Å². The summed E-state index contributed by atoms with van der Waals surface area (Å²) in [5.41, 5.74) is 0. The maximum Gasteiger partial charge on any atom is 0.222 e. The minimum atomic E-state index is 0.256. The number of nitrogens with zero attached hydrogens (tertiary/aromatic N) is 2. The summed E-state index contributed by atoms with van der Waals surface area (Å²) in [5, 5.41) is 0. The summed E-state index contributed by atoms with van der Waals surface area (Å²) in [6.45, 7) is 8.78. The van der Waals surface area contributed by atoms with Gasteiger partial charge in [0.25, 0.3) is 0 Å². The summed E-state index contributed by atoms with van der Waals surface area (Å²) in [5.74, 6) is 0.945. The molecule has 4 nitrogen and oxygen atoms in total. The minimum absolute atomic E-state index is 0.256. The van der Waals surface area contributed by atoms with Crippen LogP contribution in [0.3, 0.4) is 0 Å². The Morgan fingerprint density at radius 1 is 1.08 bits per heavy atom. The van der Waals surface area contributed by atoms with Crippen LogP contribution < -0.4 is 0 Å². The molecule has 142 valence electrons. The van der Waals surface area contributed by atoms with Gasteiger partial charge in [0.15, 0.2) is 0 Å². The van der Waals surface area contributed by atoms with Crippen LogP contribution in [0, 0.1) is 5.92 Å². The van der Waals surface area contributed by atoms with Gasteiger partial charge in [0.05, 0.1) is 6.10 Å². The number of rotatable bonds is 8. The molecular formula is C21H36N2O2. The van der Waals surface area contributed by atoms with E-state index < -0.39 is 0 Å². The molecule has 3 rings (SSSR count). The Kier molecular flexibility index (Phi) is 7.35. The van der Waals surface area contributed by atoms with E-state index in [0.29, 0.717) is 12.3 Å². The van der Waals surface area contributed by atoms with Crippen LogP contribution in [0.5, 0.6) is 0 Å². The first-order valence-corrected chi connectivity index (χ1v) is 10.5. The Bertz CT molecular complexity index is 420. The number of hydrogen-bond donors (Lipinski definition) is 0. The van der Waals surface area contributed by atoms with Crippen molar-refractivity contribution in [3.63, 3.8) is 0 Å². The van der Waals surface area contributed by atoms with Crippen molar-refractivity contribution < 1.29 is 9.53 Å². The Labute approximate surface area is 153 Å². The van der Waals surface area contributed by atoms with Gasteiger partial charge in [-0.2, -0.15) is 0 Å². The van der Waals surface area contributed by atoms with E-state index in [0.717, 1.165) is 45.0 Å². The molecule has 1 atom stereocenters. The maximum absolute atomic E-state index is 12.6. The van der Waals surface area contributed by atoms with Gasteiger partial charge in [-0.15, -0.1) is 6.58 Å². The second-order valence-corrected chi connectivity index (χ2v) is 8.18. The van der Waals surface area contributed by atoms with E-state index in [4.69, 9.17) is 4.74 Å². The van der Waals surface area contributed by atoms with Gasteiger partial charge in [0.1, 0.15) is 0 Å². The third kappa shape index (κ3) is 5.55. The normalized spacial score (nSPS) is 26.2. The molecule has 0 unspecified atom stereocenters. The summed E-state index contributed by atoms with van der Waals surface area (Å²) < 4.78 is 5.79. The SMILES string of the molecule is C=CCCC(=O)N(CC1CCN(C2CCCC2)CC1)C[C@@H]1CCCO1. The average Bonchev–Trinajstić information content (AvgIpc) is 3.33. The smallest absolute Gasteiger partial charge is 0.222 e. The highest BCUT2D eigenvalue weighted by Gasteiger charge is 2.29. The Morgan fingerprint density at radius 3 is 2.48 bits per heavy atom. The van der Waals surface area contributed by atoms with Crippen LogP contribution in [0.15, 0.2) is 12.7 Å². The highest BCUT2D eigenvalue weighted by Crippen LogP contribution is 2.28. The lowest BCUT2D eigenvalue weighted by molar-refractivity contribution is -0.133. The molecule has 1 amide bonds. The molecule has 4 heteroatoms. The number of carbonyl (C=O) groups excluding carboxylic acids is 1. The summed E-state index contributed by atoms with van der Waals surface area (Å²) >= 11 is 0. The molecule has 2 saturated heterocycles. The Morgan fingerprint density at radius 2 is 1.84 bits per heavy atom. The summed E-state index contributed by atoms with van der Waals surface area (Å²) in [4.78, 5) is 17.5. The lowest BCUT2D eigenvalue weighted by Gasteiger charge is -2.38. The average molecular weight is 349 g/mol. The zero-order valence-electron chi connectivity index (χ0n) is 15.8. The van der Waals surface area contributed by atoms with Gasteiger partial charge in [-0.05, 0) is 64.0 Å². The topological polar surface area (TPSA) is 32.8 Å². The number of likely N-dealkylation sites (tertiary alicyclic amines) is 1. The number of carbonyl (C=O) groups is 1. The van der Waals surface area contributed by atoms with Gasteiger partial charge in [-0.3, -0.25) is 4.79 Å². The molecule has 0 aromatic heterocycles. The first-order valence-electron chi connectivity index (χ1n) is 10.5. The molecule has 0 aromatic carbocycles. The highest BCUT2D eigenvalue weighted by atomic mass is 16.5. The van der Waals surface area contributed by atoms with Crippen molar-refractivity contribution in [2.75, 3.05) is 32.8 Å². The van der Waals surface area contributed by atoms with Crippen molar-refractivity contribution in [3.8, 4) is 0 Å². The third-order valence-corrected chi connectivity index (χ3v) is 6.33. The van der Waals surface area contributed by atoms with Crippen LogP contribution in [0.2, 0.25) is 0 Å². The van der Waals surface area contributed by atoms with Crippen molar-refractivity contribution in [2.24, 2.45) is 5.92 Å². The van der Waals surface area contributed by atoms with Crippen molar-refractivity contribution >= 4 is 5.91 Å². The van der Waals surface area contributed by atoms with Crippen molar-refractivity contribution in [1.29, 1.82) is 0 Å². The molecule has 25 heavy (non-hydrogen) atoms. The van der Waals surface area contributed by atoms with Crippen molar-refractivity contribution in [2.45, 2.75) is 76.4 Å². The zero-order valence-corrected chi connectivity index (χ0v) is 15.8. The fourth-order valence-electron chi connectivity index (χ4n) is 4.78. The van der Waals surface area contributed by atoms with E-state index in [2.05, 4.69) is 16.4 Å². The van der Waals surface area contributed by atoms with Crippen LogP contribution in [0.1, 0.15) is 64.2 Å². The molecule has 1 saturated carbocycles. The first kappa shape index (κ1) is 18.9. The quantitative estimate of drug-likeness (QED) is 0.628. The zero-order chi connectivity index (χ0) is 17.5. The number of hydrogen-bond acceptors (Lipinski definition) is 3. The minimum Gasteiger partial charge on any atom is -0.376 e. The molecular weight excluding hydrogens is 312 g/mol. The van der Waals surface area contributed by atoms with Crippen LogP contribution in [0.4, 0.5) is 0 Å². The molecule has 0 bridgehead atoms. The monoisotopic (exact) mass is 348 g/mol. The first-order chi connectivity index (χ1) is 12.3. The molecule has 0 radical (unpaired) electrons. The summed E-state index contributed by atoms with van der Waals surface area (Å²) in [7, 11) is 0. The fraction of sp³-hybridized carbons (Fsp3) is 0.857. The standard InChI is InChI=1S/C21H36N2O2/c1-2-3-10-21(24)23(17-20-9-6-15-25-20)16-18-11-13-22(14-12-18)19-7-4-5-8-19/h2,18-20H,1,3-17H2/t20-/m0/s1. The Hall–Kier alpha value is -0.870. The molecule has 3 aliphatic rings. The maximum atomic E-state index is 12.6. The summed E-state index contributed by atoms with van der Waals surface area (Å²) in [6, 6.07) is 0.846. The van der Waals surface area contributed by atoms with Gasteiger partial charge >= 0.3 is 0 Å². The molecule has 2 aliphatic heterocycles. The van der Waals surface area contributed by atoms with E-state index >= 15 is 0 Å². The second kappa shape index (κ2) is 9.72. The lowest BCUT2D eigenvalue weighted by atomic mass is 9.94. The molecule has 1 aliphatic carbocycles. The third-order valence-electron chi connectivity index (χ3n) is 6.33. The Balaban J connectivity index is 1.48.